The van der Waals surface area contributed by atoms with Gasteiger partial charge in [-0.05, 0) is 53.2 Å². The molecular weight excluding hydrogens is 320 g/mol. The van der Waals surface area contributed by atoms with Gasteiger partial charge in [0.15, 0.2) is 0 Å². The number of aromatic nitrogens is 1. The molecule has 0 aliphatic heterocycles. The van der Waals surface area contributed by atoms with Crippen LogP contribution in [-0.4, -0.2) is 24.6 Å². The topological polar surface area (TPSA) is 34.5 Å². The molecule has 20 heavy (non-hydrogen) atoms. The summed E-state index contributed by atoms with van der Waals surface area (Å²) in [5, 5.41) is 0. The lowest BCUT2D eigenvalue weighted by atomic mass is 10.2. The second-order valence-corrected chi connectivity index (χ2v) is 5.31. The molecule has 0 aliphatic rings. The number of anilines is 1. The molecule has 1 heterocycles. The standard InChI is InChI=1S/C15H17BrN2O2/c1-4-18-10-11(16)9-14(18)15(19)17(2)12-5-7-13(20-3)8-6-12/h5-10H,4H2,1-3H3. The summed E-state index contributed by atoms with van der Waals surface area (Å²) in [5.74, 6) is 0.733. The van der Waals surface area contributed by atoms with Crippen molar-refractivity contribution in [3.8, 4) is 5.75 Å². The fourth-order valence-electron chi connectivity index (χ4n) is 2.01. The average molecular weight is 337 g/mol. The third kappa shape index (κ3) is 2.88. The van der Waals surface area contributed by atoms with Crippen LogP contribution in [0.4, 0.5) is 5.69 Å². The van der Waals surface area contributed by atoms with Crippen molar-refractivity contribution in [3.05, 3.63) is 46.7 Å². The normalized spacial score (nSPS) is 10.4. The van der Waals surface area contributed by atoms with Gasteiger partial charge in [0.2, 0.25) is 0 Å². The Kier molecular flexibility index (Phi) is 4.49. The number of carbonyl (C=O) groups is 1. The van der Waals surface area contributed by atoms with Gasteiger partial charge in [-0.2, -0.15) is 0 Å². The summed E-state index contributed by atoms with van der Waals surface area (Å²) in [6.07, 6.45) is 1.91. The molecule has 0 saturated carbocycles. The minimum Gasteiger partial charge on any atom is -0.497 e. The molecule has 0 aliphatic carbocycles. The van der Waals surface area contributed by atoms with Crippen molar-refractivity contribution in [1.82, 2.24) is 4.57 Å². The lowest BCUT2D eigenvalue weighted by Gasteiger charge is -2.18. The Bertz CT molecular complexity index is 605. The van der Waals surface area contributed by atoms with E-state index in [0.29, 0.717) is 5.69 Å². The maximum atomic E-state index is 12.5. The molecule has 1 aromatic carbocycles. The number of nitrogens with zero attached hydrogens (tertiary/aromatic N) is 2. The molecule has 0 bridgehead atoms. The van der Waals surface area contributed by atoms with Gasteiger partial charge in [0.1, 0.15) is 11.4 Å². The summed E-state index contributed by atoms with van der Waals surface area (Å²) in [6.45, 7) is 2.76. The van der Waals surface area contributed by atoms with Gasteiger partial charge in [0.25, 0.3) is 5.91 Å². The van der Waals surface area contributed by atoms with E-state index in [1.54, 1.807) is 19.1 Å². The van der Waals surface area contributed by atoms with Crippen molar-refractivity contribution in [2.75, 3.05) is 19.1 Å². The Hall–Kier alpha value is -1.75. The molecular formula is C15H17BrN2O2. The number of hydrogen-bond donors (Lipinski definition) is 0. The van der Waals surface area contributed by atoms with Crippen LogP contribution in [0.3, 0.4) is 0 Å². The van der Waals surface area contributed by atoms with Crippen molar-refractivity contribution >= 4 is 27.5 Å². The summed E-state index contributed by atoms with van der Waals surface area (Å²) in [4.78, 5) is 14.2. The Morgan fingerprint density at radius 1 is 1.35 bits per heavy atom. The fourth-order valence-corrected chi connectivity index (χ4v) is 2.47. The molecule has 0 N–H and O–H groups in total. The molecule has 1 amide bonds. The molecule has 0 atom stereocenters. The number of carbonyl (C=O) groups excluding carboxylic acids is 1. The van der Waals surface area contributed by atoms with Gasteiger partial charge >= 0.3 is 0 Å². The van der Waals surface area contributed by atoms with Crippen LogP contribution in [0, 0.1) is 0 Å². The van der Waals surface area contributed by atoms with Crippen LogP contribution in [0.15, 0.2) is 41.0 Å². The molecule has 4 nitrogen and oxygen atoms in total. The second kappa shape index (κ2) is 6.13. The third-order valence-corrected chi connectivity index (χ3v) is 3.62. The highest BCUT2D eigenvalue weighted by Gasteiger charge is 2.17. The fraction of sp³-hybridized carbons (Fsp3) is 0.267. The molecule has 0 unspecified atom stereocenters. The average Bonchev–Trinajstić information content (AvgIpc) is 2.87. The smallest absolute Gasteiger partial charge is 0.274 e. The van der Waals surface area contributed by atoms with E-state index in [0.717, 1.165) is 22.5 Å². The summed E-state index contributed by atoms with van der Waals surface area (Å²) in [5.41, 5.74) is 1.49. The number of benzene rings is 1. The summed E-state index contributed by atoms with van der Waals surface area (Å²) in [7, 11) is 3.39. The van der Waals surface area contributed by atoms with Crippen molar-refractivity contribution in [2.24, 2.45) is 0 Å². The number of hydrogen-bond acceptors (Lipinski definition) is 2. The van der Waals surface area contributed by atoms with Gasteiger partial charge in [0.05, 0.1) is 7.11 Å². The van der Waals surface area contributed by atoms with Gasteiger partial charge in [-0.1, -0.05) is 0 Å². The number of methoxy groups -OCH3 is 1. The van der Waals surface area contributed by atoms with Crippen molar-refractivity contribution in [3.63, 3.8) is 0 Å². The molecule has 0 radical (unpaired) electrons. The number of rotatable bonds is 4. The lowest BCUT2D eigenvalue weighted by molar-refractivity contribution is 0.0984. The molecule has 1 aromatic heterocycles. The SMILES string of the molecule is CCn1cc(Br)cc1C(=O)N(C)c1ccc(OC)cc1. The highest BCUT2D eigenvalue weighted by atomic mass is 79.9. The van der Waals surface area contributed by atoms with E-state index in [-0.39, 0.29) is 5.91 Å². The molecule has 0 saturated heterocycles. The van der Waals surface area contributed by atoms with E-state index >= 15 is 0 Å². The van der Waals surface area contributed by atoms with Gasteiger partial charge in [-0.15, -0.1) is 0 Å². The van der Waals surface area contributed by atoms with Crippen molar-refractivity contribution in [2.45, 2.75) is 13.5 Å². The zero-order valence-electron chi connectivity index (χ0n) is 11.8. The predicted octanol–water partition coefficient (Wildman–Crippen LogP) is 3.56. The highest BCUT2D eigenvalue weighted by molar-refractivity contribution is 9.10. The minimum atomic E-state index is -0.0392. The largest absolute Gasteiger partial charge is 0.497 e. The predicted molar refractivity (Wildman–Crippen MR) is 83.5 cm³/mol. The lowest BCUT2D eigenvalue weighted by Crippen LogP contribution is -2.28. The van der Waals surface area contributed by atoms with E-state index in [4.69, 9.17) is 4.74 Å². The van der Waals surface area contributed by atoms with E-state index in [1.165, 1.54) is 0 Å². The first-order chi connectivity index (χ1) is 9.56. The quantitative estimate of drug-likeness (QED) is 0.855. The molecule has 106 valence electrons. The monoisotopic (exact) mass is 336 g/mol. The second-order valence-electron chi connectivity index (χ2n) is 4.39. The molecule has 0 spiro atoms. The van der Waals surface area contributed by atoms with Crippen LogP contribution in [0.5, 0.6) is 5.75 Å². The van der Waals surface area contributed by atoms with Crippen LogP contribution >= 0.6 is 15.9 Å². The minimum absolute atomic E-state index is 0.0392. The number of halogens is 1. The molecule has 5 heteroatoms. The number of aryl methyl sites for hydroxylation is 1. The zero-order chi connectivity index (χ0) is 14.7. The molecule has 0 fully saturated rings. The third-order valence-electron chi connectivity index (χ3n) is 3.19. The van der Waals surface area contributed by atoms with E-state index in [1.807, 2.05) is 48.0 Å². The molecule has 2 aromatic rings. The van der Waals surface area contributed by atoms with Crippen LogP contribution in [0.2, 0.25) is 0 Å². The van der Waals surface area contributed by atoms with Crippen molar-refractivity contribution in [1.29, 1.82) is 0 Å². The van der Waals surface area contributed by atoms with Gasteiger partial charge < -0.3 is 14.2 Å². The van der Waals surface area contributed by atoms with E-state index in [9.17, 15) is 4.79 Å². The summed E-state index contributed by atoms with van der Waals surface area (Å²) in [6, 6.07) is 9.25. The van der Waals surface area contributed by atoms with Crippen molar-refractivity contribution < 1.29 is 9.53 Å². The first kappa shape index (κ1) is 14.7. The van der Waals surface area contributed by atoms with E-state index < -0.39 is 0 Å². The summed E-state index contributed by atoms with van der Waals surface area (Å²) < 4.78 is 7.95. The van der Waals surface area contributed by atoms with Gasteiger partial charge in [-0.3, -0.25) is 4.79 Å². The first-order valence-corrected chi connectivity index (χ1v) is 7.14. The number of ether oxygens (including phenoxy) is 1. The maximum Gasteiger partial charge on any atom is 0.274 e. The van der Waals surface area contributed by atoms with Gasteiger partial charge in [-0.25, -0.2) is 0 Å². The Morgan fingerprint density at radius 3 is 2.55 bits per heavy atom. The first-order valence-electron chi connectivity index (χ1n) is 6.34. The van der Waals surface area contributed by atoms with Crippen LogP contribution in [0.1, 0.15) is 17.4 Å². The Balaban J connectivity index is 2.27. The summed E-state index contributed by atoms with van der Waals surface area (Å²) >= 11 is 3.41. The van der Waals surface area contributed by atoms with E-state index in [2.05, 4.69) is 15.9 Å². The number of amides is 1. The van der Waals surface area contributed by atoms with Gasteiger partial charge in [0, 0.05) is 29.9 Å². The van der Waals surface area contributed by atoms with Crippen LogP contribution in [-0.2, 0) is 6.54 Å². The van der Waals surface area contributed by atoms with Crippen LogP contribution in [0.25, 0.3) is 0 Å². The zero-order valence-corrected chi connectivity index (χ0v) is 13.3. The van der Waals surface area contributed by atoms with Crippen LogP contribution < -0.4 is 9.64 Å². The highest BCUT2D eigenvalue weighted by Crippen LogP contribution is 2.22. The Labute approximate surface area is 127 Å². The Morgan fingerprint density at radius 2 is 2.00 bits per heavy atom. The maximum absolute atomic E-state index is 12.5. The molecule has 2 rings (SSSR count).